The minimum Gasteiger partial charge on any atom is -0.379 e. The highest BCUT2D eigenvalue weighted by Gasteiger charge is 2.20. The molecule has 2 fully saturated rings. The lowest BCUT2D eigenvalue weighted by Crippen LogP contribution is -2.35. The molecule has 2 aliphatic heterocycles. The molecule has 5 rings (SSSR count). The van der Waals surface area contributed by atoms with Crippen LogP contribution in [0.25, 0.3) is 23.1 Å². The largest absolute Gasteiger partial charge is 0.379 e. The van der Waals surface area contributed by atoms with E-state index < -0.39 is 0 Å². The molecule has 9 heteroatoms. The first-order valence-corrected chi connectivity index (χ1v) is 10.2. The average molecular weight is 395 g/mol. The fourth-order valence-electron chi connectivity index (χ4n) is 3.87. The Morgan fingerprint density at radius 3 is 2.97 bits per heavy atom. The van der Waals surface area contributed by atoms with Gasteiger partial charge in [0.1, 0.15) is 6.33 Å². The van der Waals surface area contributed by atoms with Crippen molar-refractivity contribution in [2.75, 3.05) is 39.4 Å². The molecular weight excluding hydrogens is 370 g/mol. The number of morpholine rings is 1. The van der Waals surface area contributed by atoms with Crippen LogP contribution in [0.5, 0.6) is 0 Å². The van der Waals surface area contributed by atoms with Crippen LogP contribution in [-0.2, 0) is 11.3 Å². The number of nitrogens with one attached hydrogen (secondary N) is 1. The molecule has 2 aliphatic rings. The third kappa shape index (κ3) is 4.21. The molecule has 152 valence electrons. The van der Waals surface area contributed by atoms with E-state index in [1.165, 1.54) is 5.56 Å². The van der Waals surface area contributed by atoms with Crippen LogP contribution in [0.1, 0.15) is 24.4 Å². The molecule has 9 nitrogen and oxygen atoms in total. The van der Waals surface area contributed by atoms with Gasteiger partial charge in [0.2, 0.25) is 11.6 Å². The smallest absolute Gasteiger partial charge is 0.297 e. The summed E-state index contributed by atoms with van der Waals surface area (Å²) >= 11 is 0. The van der Waals surface area contributed by atoms with Crippen molar-refractivity contribution < 1.29 is 9.26 Å². The first kappa shape index (κ1) is 18.4. The molecule has 0 amide bonds. The molecule has 29 heavy (non-hydrogen) atoms. The van der Waals surface area contributed by atoms with Gasteiger partial charge in [-0.3, -0.25) is 4.90 Å². The van der Waals surface area contributed by atoms with Gasteiger partial charge in [-0.15, -0.1) is 5.10 Å². The Morgan fingerprint density at radius 1 is 1.17 bits per heavy atom. The van der Waals surface area contributed by atoms with E-state index in [9.17, 15) is 0 Å². The SMILES string of the molecule is c1cc(CN2CCOCC2)cc(-c2noc(-c3ncn(C4CCCNC4)n3)n2)c1. The van der Waals surface area contributed by atoms with Crippen molar-refractivity contribution in [2.45, 2.75) is 25.4 Å². The van der Waals surface area contributed by atoms with E-state index in [4.69, 9.17) is 9.26 Å². The Kier molecular flexibility index (Phi) is 5.33. The Morgan fingerprint density at radius 2 is 2.10 bits per heavy atom. The van der Waals surface area contributed by atoms with Crippen molar-refractivity contribution in [3.05, 3.63) is 36.2 Å². The number of hydrogen-bond acceptors (Lipinski definition) is 8. The molecule has 0 radical (unpaired) electrons. The van der Waals surface area contributed by atoms with Gasteiger partial charge in [0.25, 0.3) is 5.89 Å². The van der Waals surface area contributed by atoms with Crippen LogP contribution in [0, 0.1) is 0 Å². The second kappa shape index (κ2) is 8.40. The van der Waals surface area contributed by atoms with E-state index in [0.717, 1.165) is 64.3 Å². The first-order chi connectivity index (χ1) is 14.3. The summed E-state index contributed by atoms with van der Waals surface area (Å²) in [6.45, 7) is 6.38. The topological polar surface area (TPSA) is 94.1 Å². The number of ether oxygens (including phenoxy) is 1. The van der Waals surface area contributed by atoms with Crippen molar-refractivity contribution in [1.82, 2.24) is 35.1 Å². The van der Waals surface area contributed by atoms with Crippen molar-refractivity contribution in [3.63, 3.8) is 0 Å². The van der Waals surface area contributed by atoms with Crippen LogP contribution in [0.4, 0.5) is 0 Å². The van der Waals surface area contributed by atoms with Crippen molar-refractivity contribution in [2.24, 2.45) is 0 Å². The number of rotatable bonds is 5. The maximum absolute atomic E-state index is 5.45. The maximum Gasteiger partial charge on any atom is 0.297 e. The molecule has 2 saturated heterocycles. The molecule has 0 spiro atoms. The van der Waals surface area contributed by atoms with Gasteiger partial charge in [0.15, 0.2) is 0 Å². The second-order valence-corrected chi connectivity index (χ2v) is 7.56. The van der Waals surface area contributed by atoms with Gasteiger partial charge in [-0.25, -0.2) is 9.67 Å². The fraction of sp³-hybridized carbons (Fsp3) is 0.500. The van der Waals surface area contributed by atoms with Crippen molar-refractivity contribution in [1.29, 1.82) is 0 Å². The van der Waals surface area contributed by atoms with Crippen LogP contribution in [0.3, 0.4) is 0 Å². The Labute approximate surface area is 169 Å². The van der Waals surface area contributed by atoms with Crippen LogP contribution >= 0.6 is 0 Å². The second-order valence-electron chi connectivity index (χ2n) is 7.56. The minimum absolute atomic E-state index is 0.323. The third-order valence-electron chi connectivity index (χ3n) is 5.47. The van der Waals surface area contributed by atoms with Crippen molar-refractivity contribution in [3.8, 4) is 23.1 Å². The highest BCUT2D eigenvalue weighted by atomic mass is 16.5. The molecule has 2 aromatic heterocycles. The minimum atomic E-state index is 0.323. The lowest BCUT2D eigenvalue weighted by Gasteiger charge is -2.26. The van der Waals surface area contributed by atoms with Gasteiger partial charge >= 0.3 is 0 Å². The molecule has 3 aromatic rings. The fourth-order valence-corrected chi connectivity index (χ4v) is 3.87. The summed E-state index contributed by atoms with van der Waals surface area (Å²) in [5, 5.41) is 12.1. The molecule has 0 saturated carbocycles. The van der Waals surface area contributed by atoms with Crippen LogP contribution in [0.2, 0.25) is 0 Å². The zero-order valence-corrected chi connectivity index (χ0v) is 16.3. The lowest BCUT2D eigenvalue weighted by molar-refractivity contribution is 0.0342. The highest BCUT2D eigenvalue weighted by molar-refractivity contribution is 5.57. The number of piperidine rings is 1. The monoisotopic (exact) mass is 395 g/mol. The number of benzene rings is 1. The summed E-state index contributed by atoms with van der Waals surface area (Å²) in [4.78, 5) is 11.3. The Balaban J connectivity index is 1.31. The van der Waals surface area contributed by atoms with E-state index in [-0.39, 0.29) is 0 Å². The molecule has 1 atom stereocenters. The Hall–Kier alpha value is -2.62. The molecule has 0 aliphatic carbocycles. The summed E-state index contributed by atoms with van der Waals surface area (Å²) in [7, 11) is 0. The van der Waals surface area contributed by atoms with Gasteiger partial charge in [0.05, 0.1) is 19.3 Å². The number of aromatic nitrogens is 5. The highest BCUT2D eigenvalue weighted by Crippen LogP contribution is 2.23. The number of hydrogen-bond donors (Lipinski definition) is 1. The first-order valence-electron chi connectivity index (χ1n) is 10.2. The van der Waals surface area contributed by atoms with Gasteiger partial charge in [-0.2, -0.15) is 4.98 Å². The van der Waals surface area contributed by atoms with Crippen LogP contribution < -0.4 is 5.32 Å². The zero-order valence-electron chi connectivity index (χ0n) is 16.3. The molecule has 1 aromatic carbocycles. The predicted octanol–water partition coefficient (Wildman–Crippen LogP) is 1.75. The van der Waals surface area contributed by atoms with E-state index in [1.807, 2.05) is 16.8 Å². The van der Waals surface area contributed by atoms with Crippen LogP contribution in [-0.4, -0.2) is 69.2 Å². The van der Waals surface area contributed by atoms with E-state index in [1.54, 1.807) is 6.33 Å². The van der Waals surface area contributed by atoms with Crippen molar-refractivity contribution >= 4 is 0 Å². The van der Waals surface area contributed by atoms with Gasteiger partial charge in [0, 0.05) is 31.7 Å². The van der Waals surface area contributed by atoms with Gasteiger partial charge < -0.3 is 14.6 Å². The van der Waals surface area contributed by atoms with E-state index in [0.29, 0.717) is 23.6 Å². The Bertz CT molecular complexity index is 942. The van der Waals surface area contributed by atoms with Gasteiger partial charge in [-0.05, 0) is 31.0 Å². The lowest BCUT2D eigenvalue weighted by atomic mass is 10.1. The normalized spacial score (nSPS) is 20.8. The zero-order chi connectivity index (χ0) is 19.5. The molecule has 1 N–H and O–H groups in total. The quantitative estimate of drug-likeness (QED) is 0.698. The summed E-state index contributed by atoms with van der Waals surface area (Å²) in [5.41, 5.74) is 2.16. The molecule has 0 bridgehead atoms. The molecule has 1 unspecified atom stereocenters. The summed E-state index contributed by atoms with van der Waals surface area (Å²) in [6.07, 6.45) is 3.99. The molecule has 4 heterocycles. The maximum atomic E-state index is 5.45. The standard InChI is InChI=1S/C20H25N7O2/c1-3-15(13-26-7-9-28-10-8-26)11-16(4-1)18-23-20(29-25-18)19-22-14-27(24-19)17-5-2-6-21-12-17/h1,3-4,11,14,17,21H,2,5-10,12-13H2. The number of nitrogens with zero attached hydrogens (tertiary/aromatic N) is 6. The average Bonchev–Trinajstić information content (AvgIpc) is 3.45. The predicted molar refractivity (Wildman–Crippen MR) is 106 cm³/mol. The summed E-state index contributed by atoms with van der Waals surface area (Å²) in [5.74, 6) is 1.37. The summed E-state index contributed by atoms with van der Waals surface area (Å²) < 4.78 is 12.8. The molecular formula is C20H25N7O2. The third-order valence-corrected chi connectivity index (χ3v) is 5.47. The summed E-state index contributed by atoms with van der Waals surface area (Å²) in [6, 6.07) is 8.59. The van der Waals surface area contributed by atoms with Crippen LogP contribution in [0.15, 0.2) is 35.1 Å². The van der Waals surface area contributed by atoms with Gasteiger partial charge in [-0.1, -0.05) is 23.4 Å². The van der Waals surface area contributed by atoms with E-state index >= 15 is 0 Å². The van der Waals surface area contributed by atoms with E-state index in [2.05, 4.69) is 42.6 Å².